The van der Waals surface area contributed by atoms with Gasteiger partial charge >= 0.3 is 0 Å². The zero-order valence-corrected chi connectivity index (χ0v) is 7.98. The number of rotatable bonds is 1. The summed E-state index contributed by atoms with van der Waals surface area (Å²) in [5.41, 5.74) is 0.187. The fourth-order valence-electron chi connectivity index (χ4n) is 1.44. The Labute approximate surface area is 89.2 Å². The summed E-state index contributed by atoms with van der Waals surface area (Å²) in [4.78, 5) is 0. The molecule has 0 fully saturated rings. The SMILES string of the molecule is Fc1cc(F)cc(-c2cc(F)cc(F)c2)c1. The molecule has 4 heteroatoms. The van der Waals surface area contributed by atoms with Gasteiger partial charge in [0, 0.05) is 12.1 Å². The highest BCUT2D eigenvalue weighted by atomic mass is 19.1. The second-order valence-electron chi connectivity index (χ2n) is 3.32. The fraction of sp³-hybridized carbons (Fsp3) is 0. The second kappa shape index (κ2) is 3.96. The van der Waals surface area contributed by atoms with Crippen molar-refractivity contribution < 1.29 is 17.6 Å². The molecule has 0 aromatic heterocycles. The highest BCUT2D eigenvalue weighted by Crippen LogP contribution is 2.23. The van der Waals surface area contributed by atoms with Crippen LogP contribution < -0.4 is 0 Å². The van der Waals surface area contributed by atoms with Gasteiger partial charge in [-0.2, -0.15) is 0 Å². The zero-order valence-electron chi connectivity index (χ0n) is 7.98. The van der Waals surface area contributed by atoms with Crippen LogP contribution in [0.5, 0.6) is 0 Å². The van der Waals surface area contributed by atoms with E-state index in [0.29, 0.717) is 12.1 Å². The largest absolute Gasteiger partial charge is 0.207 e. The van der Waals surface area contributed by atoms with Crippen LogP contribution in [0, 0.1) is 23.3 Å². The molecule has 2 aromatic rings. The standard InChI is InChI=1S/C12H6F4/c13-9-1-7(2-10(14)5-9)8-3-11(15)6-12(16)4-8/h1-6H. The van der Waals surface area contributed by atoms with Gasteiger partial charge in [-0.05, 0) is 35.4 Å². The quantitative estimate of drug-likeness (QED) is 0.646. The molecule has 2 aromatic carbocycles. The lowest BCUT2D eigenvalue weighted by Crippen LogP contribution is -1.87. The summed E-state index contributed by atoms with van der Waals surface area (Å²) in [5, 5.41) is 0. The molecule has 0 N–H and O–H groups in total. The molecule has 0 saturated heterocycles. The van der Waals surface area contributed by atoms with Crippen LogP contribution in [0.3, 0.4) is 0 Å². The molecule has 82 valence electrons. The maximum absolute atomic E-state index is 12.9. The van der Waals surface area contributed by atoms with E-state index in [2.05, 4.69) is 0 Å². The lowest BCUT2D eigenvalue weighted by Gasteiger charge is -2.03. The van der Waals surface area contributed by atoms with Crippen molar-refractivity contribution in [2.75, 3.05) is 0 Å². The van der Waals surface area contributed by atoms with Crippen molar-refractivity contribution in [1.29, 1.82) is 0 Å². The van der Waals surface area contributed by atoms with Crippen LogP contribution in [-0.4, -0.2) is 0 Å². The minimum atomic E-state index is -0.792. The van der Waals surface area contributed by atoms with Gasteiger partial charge in [0.05, 0.1) is 0 Å². The van der Waals surface area contributed by atoms with E-state index in [1.165, 1.54) is 0 Å². The Morgan fingerprint density at radius 3 is 0.938 bits per heavy atom. The summed E-state index contributed by atoms with van der Waals surface area (Å²) in [6, 6.07) is 5.43. The van der Waals surface area contributed by atoms with E-state index in [1.807, 2.05) is 0 Å². The van der Waals surface area contributed by atoms with E-state index in [0.717, 1.165) is 24.3 Å². The summed E-state index contributed by atoms with van der Waals surface area (Å²) < 4.78 is 51.5. The van der Waals surface area contributed by atoms with Crippen molar-refractivity contribution in [2.24, 2.45) is 0 Å². The summed E-state index contributed by atoms with van der Waals surface area (Å²) in [5.74, 6) is -3.17. The number of halogens is 4. The molecule has 0 aliphatic carbocycles. The molecule has 0 amide bonds. The van der Waals surface area contributed by atoms with E-state index < -0.39 is 23.3 Å². The van der Waals surface area contributed by atoms with Crippen LogP contribution in [-0.2, 0) is 0 Å². The maximum atomic E-state index is 12.9. The first-order valence-corrected chi connectivity index (χ1v) is 4.47. The van der Waals surface area contributed by atoms with Crippen LogP contribution in [0.1, 0.15) is 0 Å². The van der Waals surface area contributed by atoms with E-state index in [1.54, 1.807) is 0 Å². The molecule has 0 heterocycles. The van der Waals surface area contributed by atoms with Crippen LogP contribution in [0.2, 0.25) is 0 Å². The van der Waals surface area contributed by atoms with Crippen molar-refractivity contribution >= 4 is 0 Å². The van der Waals surface area contributed by atoms with Crippen LogP contribution in [0.4, 0.5) is 17.6 Å². The van der Waals surface area contributed by atoms with Gasteiger partial charge in [0.2, 0.25) is 0 Å². The minimum Gasteiger partial charge on any atom is -0.207 e. The molecule has 0 unspecified atom stereocenters. The average Bonchev–Trinajstić information content (AvgIpc) is 2.14. The van der Waals surface area contributed by atoms with Gasteiger partial charge in [-0.1, -0.05) is 0 Å². The summed E-state index contributed by atoms with van der Waals surface area (Å²) in [7, 11) is 0. The Hall–Kier alpha value is -1.84. The van der Waals surface area contributed by atoms with E-state index >= 15 is 0 Å². The number of benzene rings is 2. The molecule has 0 aliphatic rings. The average molecular weight is 226 g/mol. The summed E-state index contributed by atoms with van der Waals surface area (Å²) in [6.45, 7) is 0. The Balaban J connectivity index is 2.57. The third kappa shape index (κ3) is 2.21. The molecule has 16 heavy (non-hydrogen) atoms. The van der Waals surface area contributed by atoms with Crippen LogP contribution >= 0.6 is 0 Å². The molecule has 0 saturated carbocycles. The van der Waals surface area contributed by atoms with Gasteiger partial charge in [0.25, 0.3) is 0 Å². The van der Waals surface area contributed by atoms with Crippen molar-refractivity contribution in [2.45, 2.75) is 0 Å². The van der Waals surface area contributed by atoms with Crippen molar-refractivity contribution in [3.63, 3.8) is 0 Å². The topological polar surface area (TPSA) is 0 Å². The predicted molar refractivity (Wildman–Crippen MR) is 51.7 cm³/mol. The third-order valence-corrected chi connectivity index (χ3v) is 2.06. The highest BCUT2D eigenvalue weighted by Gasteiger charge is 2.06. The minimum absolute atomic E-state index is 0.0934. The van der Waals surface area contributed by atoms with Gasteiger partial charge in [0.15, 0.2) is 0 Å². The summed E-state index contributed by atoms with van der Waals surface area (Å²) >= 11 is 0. The monoisotopic (exact) mass is 226 g/mol. The highest BCUT2D eigenvalue weighted by molar-refractivity contribution is 5.63. The Morgan fingerprint density at radius 1 is 0.438 bits per heavy atom. The normalized spacial score (nSPS) is 10.5. The molecule has 2 rings (SSSR count). The van der Waals surface area contributed by atoms with E-state index in [4.69, 9.17) is 0 Å². The van der Waals surface area contributed by atoms with E-state index in [9.17, 15) is 17.6 Å². The molecule has 0 atom stereocenters. The van der Waals surface area contributed by atoms with Gasteiger partial charge in [-0.25, -0.2) is 17.6 Å². The second-order valence-corrected chi connectivity index (χ2v) is 3.32. The number of hydrogen-bond donors (Lipinski definition) is 0. The molecular weight excluding hydrogens is 220 g/mol. The van der Waals surface area contributed by atoms with Crippen molar-refractivity contribution in [3.8, 4) is 11.1 Å². The Morgan fingerprint density at radius 2 is 0.688 bits per heavy atom. The van der Waals surface area contributed by atoms with E-state index in [-0.39, 0.29) is 11.1 Å². The molecule has 0 radical (unpaired) electrons. The molecule has 0 spiro atoms. The van der Waals surface area contributed by atoms with Gasteiger partial charge in [0.1, 0.15) is 23.3 Å². The summed E-state index contributed by atoms with van der Waals surface area (Å²) in [6.07, 6.45) is 0. The Kier molecular flexibility index (Phi) is 2.64. The molecular formula is C12H6F4. The first-order chi connectivity index (χ1) is 7.54. The fourth-order valence-corrected chi connectivity index (χ4v) is 1.44. The Bertz CT molecular complexity index is 445. The molecule has 0 nitrogen and oxygen atoms in total. The maximum Gasteiger partial charge on any atom is 0.126 e. The third-order valence-electron chi connectivity index (χ3n) is 2.06. The van der Waals surface area contributed by atoms with Crippen molar-refractivity contribution in [3.05, 3.63) is 59.7 Å². The van der Waals surface area contributed by atoms with Gasteiger partial charge in [-0.3, -0.25) is 0 Å². The van der Waals surface area contributed by atoms with Crippen LogP contribution in [0.25, 0.3) is 11.1 Å². The molecule has 0 bridgehead atoms. The zero-order chi connectivity index (χ0) is 11.7. The first kappa shape index (κ1) is 10.7. The predicted octanol–water partition coefficient (Wildman–Crippen LogP) is 3.91. The van der Waals surface area contributed by atoms with Gasteiger partial charge in [-0.15, -0.1) is 0 Å². The van der Waals surface area contributed by atoms with Gasteiger partial charge < -0.3 is 0 Å². The first-order valence-electron chi connectivity index (χ1n) is 4.47. The molecule has 0 aliphatic heterocycles. The smallest absolute Gasteiger partial charge is 0.126 e. The number of hydrogen-bond acceptors (Lipinski definition) is 0. The van der Waals surface area contributed by atoms with Crippen molar-refractivity contribution in [1.82, 2.24) is 0 Å². The lowest BCUT2D eigenvalue weighted by molar-refractivity contribution is 0.580. The lowest BCUT2D eigenvalue weighted by atomic mass is 10.1. The van der Waals surface area contributed by atoms with Crippen LogP contribution in [0.15, 0.2) is 36.4 Å².